The van der Waals surface area contributed by atoms with E-state index in [2.05, 4.69) is 21.0 Å². The third kappa shape index (κ3) is 3.66. The highest BCUT2D eigenvalue weighted by molar-refractivity contribution is 5.75. The zero-order valence-electron chi connectivity index (χ0n) is 10.2. The molecule has 3 nitrogen and oxygen atoms in total. The number of rotatable bonds is 6. The van der Waals surface area contributed by atoms with Gasteiger partial charge in [-0.15, -0.1) is 0 Å². The van der Waals surface area contributed by atoms with Crippen molar-refractivity contribution in [2.24, 2.45) is 0 Å². The summed E-state index contributed by atoms with van der Waals surface area (Å²) in [5.41, 5.74) is 1.80. The van der Waals surface area contributed by atoms with Gasteiger partial charge < -0.3 is 9.64 Å². The first-order valence-electron chi connectivity index (χ1n) is 5.67. The molecule has 0 atom stereocenters. The second-order valence-electron chi connectivity index (χ2n) is 4.22. The van der Waals surface area contributed by atoms with E-state index in [0.717, 1.165) is 37.2 Å². The molecule has 0 heterocycles. The summed E-state index contributed by atoms with van der Waals surface area (Å²) in [7, 11) is 4.16. The molecular formula is C13H20NO2+. The third-order valence-corrected chi connectivity index (χ3v) is 2.23. The van der Waals surface area contributed by atoms with Crippen molar-refractivity contribution in [2.75, 3.05) is 20.7 Å². The molecule has 0 aliphatic carbocycles. The van der Waals surface area contributed by atoms with Gasteiger partial charge in [0, 0.05) is 11.1 Å². The van der Waals surface area contributed by atoms with E-state index in [0.29, 0.717) is 5.56 Å². The van der Waals surface area contributed by atoms with Gasteiger partial charge in [-0.05, 0) is 24.6 Å². The molecule has 1 rings (SSSR count). The van der Waals surface area contributed by atoms with Gasteiger partial charge in [-0.1, -0.05) is 6.92 Å². The zero-order chi connectivity index (χ0) is 12.0. The van der Waals surface area contributed by atoms with Gasteiger partial charge in [0.15, 0.2) is 0 Å². The van der Waals surface area contributed by atoms with Crippen molar-refractivity contribution in [1.29, 1.82) is 0 Å². The minimum atomic E-state index is 0.708. The van der Waals surface area contributed by atoms with Crippen molar-refractivity contribution in [1.82, 2.24) is 0 Å². The second-order valence-corrected chi connectivity index (χ2v) is 4.22. The molecule has 0 bridgehead atoms. The van der Waals surface area contributed by atoms with E-state index in [1.807, 2.05) is 12.1 Å². The molecule has 1 N–H and O–H groups in total. The number of hydrogen-bond donors (Lipinski definition) is 1. The third-order valence-electron chi connectivity index (χ3n) is 2.23. The number of aldehydes is 1. The monoisotopic (exact) mass is 222 g/mol. The largest absolute Gasteiger partial charge is 0.493 e. The minimum Gasteiger partial charge on any atom is -0.493 e. The van der Waals surface area contributed by atoms with Crippen molar-refractivity contribution >= 4 is 6.29 Å². The maximum atomic E-state index is 10.7. The molecule has 0 unspecified atom stereocenters. The number of benzene rings is 1. The molecule has 88 valence electrons. The summed E-state index contributed by atoms with van der Waals surface area (Å²) in [6, 6.07) is 5.59. The molecule has 0 saturated heterocycles. The Hall–Kier alpha value is -1.35. The Labute approximate surface area is 97.0 Å². The average molecular weight is 222 g/mol. The fraction of sp³-hybridized carbons (Fsp3) is 0.462. The van der Waals surface area contributed by atoms with Crippen LogP contribution < -0.4 is 9.64 Å². The maximum Gasteiger partial charge on any atom is 0.150 e. The summed E-state index contributed by atoms with van der Waals surface area (Å²) in [5.74, 6) is 0.897. The highest BCUT2D eigenvalue weighted by atomic mass is 16.5. The standard InChI is InChI=1S/C13H19NO2/c1-4-7-16-13-6-5-11(10-15)8-12(13)9-14(2)3/h5-6,8,10H,4,7,9H2,1-3H3/p+1. The summed E-state index contributed by atoms with van der Waals surface area (Å²) < 4.78 is 5.66. The van der Waals surface area contributed by atoms with Crippen LogP contribution in [0.4, 0.5) is 0 Å². The van der Waals surface area contributed by atoms with Crippen LogP contribution in [0.3, 0.4) is 0 Å². The molecule has 0 aliphatic heterocycles. The van der Waals surface area contributed by atoms with Gasteiger partial charge in [-0.3, -0.25) is 4.79 Å². The van der Waals surface area contributed by atoms with Gasteiger partial charge in [-0.2, -0.15) is 0 Å². The van der Waals surface area contributed by atoms with Crippen LogP contribution in [0.1, 0.15) is 29.3 Å². The lowest BCUT2D eigenvalue weighted by Crippen LogP contribution is -3.04. The summed E-state index contributed by atoms with van der Waals surface area (Å²) in [6.07, 6.45) is 1.86. The average Bonchev–Trinajstić information content (AvgIpc) is 2.26. The van der Waals surface area contributed by atoms with Crippen molar-refractivity contribution in [3.05, 3.63) is 29.3 Å². The van der Waals surface area contributed by atoms with Gasteiger partial charge in [0.05, 0.1) is 20.7 Å². The molecule has 3 heteroatoms. The lowest BCUT2D eigenvalue weighted by atomic mass is 10.1. The van der Waals surface area contributed by atoms with E-state index in [-0.39, 0.29) is 0 Å². The Morgan fingerprint density at radius 3 is 2.69 bits per heavy atom. The molecule has 16 heavy (non-hydrogen) atoms. The van der Waals surface area contributed by atoms with Crippen molar-refractivity contribution in [3.63, 3.8) is 0 Å². The molecule has 1 aromatic rings. The van der Waals surface area contributed by atoms with E-state index in [9.17, 15) is 4.79 Å². The Kier molecular flexibility index (Phi) is 4.99. The van der Waals surface area contributed by atoms with Gasteiger partial charge >= 0.3 is 0 Å². The molecule has 0 aromatic heterocycles. The Morgan fingerprint density at radius 1 is 1.38 bits per heavy atom. The Bertz CT molecular complexity index is 348. The van der Waals surface area contributed by atoms with E-state index < -0.39 is 0 Å². The number of carbonyl (C=O) groups excluding carboxylic acids is 1. The summed E-state index contributed by atoms with van der Waals surface area (Å²) in [5, 5.41) is 0. The van der Waals surface area contributed by atoms with Crippen molar-refractivity contribution < 1.29 is 14.4 Å². The number of carbonyl (C=O) groups is 1. The summed E-state index contributed by atoms with van der Waals surface area (Å²) >= 11 is 0. The first kappa shape index (κ1) is 12.7. The molecule has 0 aliphatic rings. The highest BCUT2D eigenvalue weighted by Gasteiger charge is 2.08. The van der Waals surface area contributed by atoms with E-state index in [1.54, 1.807) is 6.07 Å². The fourth-order valence-corrected chi connectivity index (χ4v) is 1.54. The van der Waals surface area contributed by atoms with Crippen LogP contribution in [0.5, 0.6) is 5.75 Å². The smallest absolute Gasteiger partial charge is 0.150 e. The minimum absolute atomic E-state index is 0.708. The SMILES string of the molecule is CCCOc1ccc(C=O)cc1C[NH+](C)C. The van der Waals surface area contributed by atoms with Gasteiger partial charge in [0.1, 0.15) is 18.6 Å². The molecule has 0 saturated carbocycles. The maximum absolute atomic E-state index is 10.7. The van der Waals surface area contributed by atoms with Crippen LogP contribution in [-0.4, -0.2) is 27.0 Å². The zero-order valence-corrected chi connectivity index (χ0v) is 10.2. The fourth-order valence-electron chi connectivity index (χ4n) is 1.54. The van der Waals surface area contributed by atoms with Crippen LogP contribution in [0, 0.1) is 0 Å². The number of nitrogens with one attached hydrogen (secondary N) is 1. The number of hydrogen-bond acceptors (Lipinski definition) is 2. The molecular weight excluding hydrogens is 202 g/mol. The van der Waals surface area contributed by atoms with Crippen LogP contribution in [0.25, 0.3) is 0 Å². The molecule has 0 spiro atoms. The topological polar surface area (TPSA) is 30.7 Å². The van der Waals surface area contributed by atoms with Crippen LogP contribution in [0.15, 0.2) is 18.2 Å². The van der Waals surface area contributed by atoms with Gasteiger partial charge in [0.2, 0.25) is 0 Å². The molecule has 0 amide bonds. The summed E-state index contributed by atoms with van der Waals surface area (Å²) in [4.78, 5) is 12.0. The number of ether oxygens (including phenoxy) is 1. The van der Waals surface area contributed by atoms with E-state index >= 15 is 0 Å². The molecule has 1 aromatic carbocycles. The summed E-state index contributed by atoms with van der Waals surface area (Å²) in [6.45, 7) is 3.66. The van der Waals surface area contributed by atoms with Gasteiger partial charge in [0.25, 0.3) is 0 Å². The van der Waals surface area contributed by atoms with Crippen LogP contribution in [-0.2, 0) is 6.54 Å². The normalized spacial score (nSPS) is 10.5. The van der Waals surface area contributed by atoms with E-state index in [4.69, 9.17) is 4.74 Å². The molecule has 0 radical (unpaired) electrons. The van der Waals surface area contributed by atoms with Gasteiger partial charge in [-0.25, -0.2) is 0 Å². The second kappa shape index (κ2) is 6.28. The van der Waals surface area contributed by atoms with E-state index in [1.165, 1.54) is 4.90 Å². The number of quaternary nitrogens is 1. The van der Waals surface area contributed by atoms with Crippen molar-refractivity contribution in [3.8, 4) is 5.75 Å². The van der Waals surface area contributed by atoms with Crippen LogP contribution in [0.2, 0.25) is 0 Å². The Balaban J connectivity index is 2.91. The quantitative estimate of drug-likeness (QED) is 0.726. The van der Waals surface area contributed by atoms with Crippen molar-refractivity contribution in [2.45, 2.75) is 19.9 Å². The lowest BCUT2D eigenvalue weighted by Gasteiger charge is -2.13. The first-order chi connectivity index (χ1) is 7.67. The lowest BCUT2D eigenvalue weighted by molar-refractivity contribution is -0.872. The first-order valence-corrected chi connectivity index (χ1v) is 5.67. The highest BCUT2D eigenvalue weighted by Crippen LogP contribution is 2.19. The van der Waals surface area contributed by atoms with Crippen LogP contribution >= 0.6 is 0 Å². The molecule has 0 fully saturated rings. The predicted molar refractivity (Wildman–Crippen MR) is 64.1 cm³/mol. The predicted octanol–water partition coefficient (Wildman–Crippen LogP) is 0.932. The Morgan fingerprint density at radius 2 is 2.12 bits per heavy atom.